The summed E-state index contributed by atoms with van der Waals surface area (Å²) in [7, 11) is 0. The predicted octanol–water partition coefficient (Wildman–Crippen LogP) is 2.35. The number of aromatic nitrogens is 2. The van der Waals surface area contributed by atoms with Gasteiger partial charge >= 0.3 is 0 Å². The number of rotatable bonds is 6. The minimum absolute atomic E-state index is 0.180. The normalized spacial score (nSPS) is 16.8. The molecule has 0 unspecified atom stereocenters. The van der Waals surface area contributed by atoms with Gasteiger partial charge < -0.3 is 10.0 Å². The first-order chi connectivity index (χ1) is 12.1. The van der Waals surface area contributed by atoms with Gasteiger partial charge in [-0.25, -0.2) is 18.7 Å². The summed E-state index contributed by atoms with van der Waals surface area (Å²) in [5.74, 6) is -0.148. The Hall–Kier alpha value is -2.12. The summed E-state index contributed by atoms with van der Waals surface area (Å²) in [5.41, 5.74) is 1.08. The molecule has 0 spiro atoms. The summed E-state index contributed by atoms with van der Waals surface area (Å²) in [5, 5.41) is 9.09. The number of unbranched alkanes of at least 4 members (excludes halogenated alkanes) is 1. The number of halogens is 2. The first kappa shape index (κ1) is 17.7. The second kappa shape index (κ2) is 7.84. The highest BCUT2D eigenvalue weighted by Gasteiger charge is 2.35. The highest BCUT2D eigenvalue weighted by molar-refractivity contribution is 5.45. The summed E-state index contributed by atoms with van der Waals surface area (Å²) in [6, 6.07) is 6.68. The van der Waals surface area contributed by atoms with Gasteiger partial charge in [-0.3, -0.25) is 4.48 Å². The molecule has 7 heteroatoms. The number of hydrogen-bond donors (Lipinski definition) is 1. The highest BCUT2D eigenvalue weighted by Crippen LogP contribution is 2.27. The van der Waals surface area contributed by atoms with Crippen molar-refractivity contribution in [3.63, 3.8) is 0 Å². The van der Waals surface area contributed by atoms with Gasteiger partial charge in [0.25, 0.3) is 0 Å². The molecule has 2 aromatic rings. The molecule has 1 aliphatic rings. The molecule has 0 aliphatic carbocycles. The lowest BCUT2D eigenvalue weighted by Gasteiger charge is -2.44. The zero-order valence-electron chi connectivity index (χ0n) is 14.1. The topological polar surface area (TPSA) is 49.2 Å². The Labute approximate surface area is 146 Å². The Morgan fingerprint density at radius 3 is 2.20 bits per heavy atom. The van der Waals surface area contributed by atoms with Gasteiger partial charge in [-0.1, -0.05) is 0 Å². The zero-order valence-corrected chi connectivity index (χ0v) is 14.1. The van der Waals surface area contributed by atoms with E-state index in [9.17, 15) is 8.78 Å². The smallest absolute Gasteiger partial charge is 0.225 e. The van der Waals surface area contributed by atoms with Crippen molar-refractivity contribution >= 4 is 11.6 Å². The Kier molecular flexibility index (Phi) is 5.55. The number of nitrogens with zero attached hydrogens (tertiary/aromatic N) is 4. The molecule has 2 heterocycles. The third kappa shape index (κ3) is 4.11. The lowest BCUT2D eigenvalue weighted by atomic mass is 10.1. The third-order valence-corrected chi connectivity index (χ3v) is 4.85. The Bertz CT molecular complexity index is 670. The van der Waals surface area contributed by atoms with Crippen LogP contribution in [-0.4, -0.2) is 54.4 Å². The highest BCUT2D eigenvalue weighted by atomic mass is 19.1. The monoisotopic (exact) mass is 349 g/mol. The van der Waals surface area contributed by atoms with Crippen LogP contribution >= 0.6 is 0 Å². The molecule has 1 aliphatic heterocycles. The van der Waals surface area contributed by atoms with Crippen molar-refractivity contribution < 1.29 is 13.9 Å². The molecule has 3 rings (SSSR count). The maximum atomic E-state index is 13.3. The maximum absolute atomic E-state index is 13.3. The van der Waals surface area contributed by atoms with E-state index in [1.165, 1.54) is 24.5 Å². The molecule has 134 valence electrons. The second-order valence-electron chi connectivity index (χ2n) is 6.41. The molecule has 1 aromatic carbocycles. The van der Waals surface area contributed by atoms with Gasteiger partial charge in [-0.2, -0.15) is 0 Å². The van der Waals surface area contributed by atoms with Gasteiger partial charge in [-0.05, 0) is 25.0 Å². The van der Waals surface area contributed by atoms with E-state index in [0.717, 1.165) is 55.7 Å². The van der Waals surface area contributed by atoms with Crippen LogP contribution in [0.5, 0.6) is 0 Å². The van der Waals surface area contributed by atoms with Crippen LogP contribution in [0.3, 0.4) is 0 Å². The summed E-state index contributed by atoms with van der Waals surface area (Å²) < 4.78 is 27.1. The molecule has 0 atom stereocenters. The fraction of sp³-hybridized carbons (Fsp3) is 0.444. The van der Waals surface area contributed by atoms with E-state index in [2.05, 4.69) is 9.97 Å². The number of aliphatic hydroxyl groups excluding tert-OH is 1. The molecular weight excluding hydrogens is 326 g/mol. The Morgan fingerprint density at radius 2 is 1.60 bits per heavy atom. The van der Waals surface area contributed by atoms with Crippen LogP contribution in [0.15, 0.2) is 36.7 Å². The number of piperazine rings is 1. The van der Waals surface area contributed by atoms with Crippen molar-refractivity contribution in [1.29, 1.82) is 0 Å². The van der Waals surface area contributed by atoms with Crippen molar-refractivity contribution in [3.05, 3.63) is 48.3 Å². The number of anilines is 1. The van der Waals surface area contributed by atoms with Crippen molar-refractivity contribution in [2.45, 2.75) is 12.8 Å². The number of aliphatic hydroxyl groups is 1. The number of benzene rings is 1. The molecular formula is C18H23F2N4O+. The lowest BCUT2D eigenvalue weighted by molar-refractivity contribution is 0.231. The van der Waals surface area contributed by atoms with E-state index in [1.807, 2.05) is 17.0 Å². The van der Waals surface area contributed by atoms with Crippen LogP contribution in [0.4, 0.5) is 20.4 Å². The molecule has 5 nitrogen and oxygen atoms in total. The molecule has 1 N–H and O–H groups in total. The van der Waals surface area contributed by atoms with Crippen LogP contribution in [0.1, 0.15) is 12.8 Å². The van der Waals surface area contributed by atoms with E-state index >= 15 is 0 Å². The number of hydrogen-bond acceptors (Lipinski definition) is 4. The van der Waals surface area contributed by atoms with Gasteiger partial charge in [0.1, 0.15) is 24.6 Å². The summed E-state index contributed by atoms with van der Waals surface area (Å²) in [6.07, 6.45) is 4.02. The fourth-order valence-electron chi connectivity index (χ4n) is 3.41. The molecule has 0 saturated carbocycles. The van der Waals surface area contributed by atoms with Crippen LogP contribution in [0, 0.1) is 11.6 Å². The van der Waals surface area contributed by atoms with Gasteiger partial charge in [0.05, 0.1) is 32.0 Å². The summed E-state index contributed by atoms with van der Waals surface area (Å²) >= 11 is 0. The van der Waals surface area contributed by atoms with Crippen molar-refractivity contribution in [2.24, 2.45) is 0 Å². The average molecular weight is 349 g/mol. The molecule has 0 amide bonds. The lowest BCUT2D eigenvalue weighted by Crippen LogP contribution is -2.61. The van der Waals surface area contributed by atoms with Crippen LogP contribution < -0.4 is 9.38 Å². The van der Waals surface area contributed by atoms with Crippen molar-refractivity contribution in [2.75, 3.05) is 44.2 Å². The SMILES string of the molecule is OCCCC[N+]1(c2ccc(F)cc2)CCN(c2ncc(F)cn2)CC1. The summed E-state index contributed by atoms with van der Waals surface area (Å²) in [4.78, 5) is 10.2. The van der Waals surface area contributed by atoms with Gasteiger partial charge in [0.2, 0.25) is 5.95 Å². The predicted molar refractivity (Wildman–Crippen MR) is 93.3 cm³/mol. The van der Waals surface area contributed by atoms with E-state index in [-0.39, 0.29) is 12.4 Å². The quantitative estimate of drug-likeness (QED) is 0.642. The molecule has 25 heavy (non-hydrogen) atoms. The van der Waals surface area contributed by atoms with E-state index in [4.69, 9.17) is 5.11 Å². The average Bonchev–Trinajstić information content (AvgIpc) is 2.64. The third-order valence-electron chi connectivity index (χ3n) is 4.85. The van der Waals surface area contributed by atoms with E-state index in [0.29, 0.717) is 5.95 Å². The Balaban J connectivity index is 1.75. The molecule has 1 fully saturated rings. The fourth-order valence-corrected chi connectivity index (χ4v) is 3.41. The van der Waals surface area contributed by atoms with Gasteiger partial charge in [-0.15, -0.1) is 0 Å². The van der Waals surface area contributed by atoms with E-state index < -0.39 is 5.82 Å². The summed E-state index contributed by atoms with van der Waals surface area (Å²) in [6.45, 7) is 4.21. The molecule has 1 aromatic heterocycles. The largest absolute Gasteiger partial charge is 0.396 e. The molecule has 0 radical (unpaired) electrons. The first-order valence-electron chi connectivity index (χ1n) is 8.58. The van der Waals surface area contributed by atoms with Crippen molar-refractivity contribution in [3.8, 4) is 0 Å². The minimum atomic E-state index is -0.443. The standard InChI is InChI=1S/C18H23F2N4O/c19-15-3-5-17(6-4-15)24(9-1-2-12-25)10-7-23(8-11-24)18-21-13-16(20)14-22-18/h3-6,13-14,25H,1-2,7-12H2/q+1. The molecule has 0 bridgehead atoms. The van der Waals surface area contributed by atoms with E-state index in [1.54, 1.807) is 0 Å². The van der Waals surface area contributed by atoms with Crippen molar-refractivity contribution in [1.82, 2.24) is 14.5 Å². The maximum Gasteiger partial charge on any atom is 0.225 e. The van der Waals surface area contributed by atoms with Gasteiger partial charge in [0, 0.05) is 18.7 Å². The van der Waals surface area contributed by atoms with Crippen LogP contribution in [0.25, 0.3) is 0 Å². The Morgan fingerprint density at radius 1 is 0.960 bits per heavy atom. The first-order valence-corrected chi connectivity index (χ1v) is 8.58. The number of quaternary nitrogens is 1. The van der Waals surface area contributed by atoms with Gasteiger partial charge in [0.15, 0.2) is 5.82 Å². The zero-order chi connectivity index (χ0) is 17.7. The minimum Gasteiger partial charge on any atom is -0.396 e. The molecule has 1 saturated heterocycles. The van der Waals surface area contributed by atoms with Crippen LogP contribution in [0.2, 0.25) is 0 Å². The second-order valence-corrected chi connectivity index (χ2v) is 6.41. The van der Waals surface area contributed by atoms with Crippen LogP contribution in [-0.2, 0) is 0 Å².